The number of hydrogen-bond donors (Lipinski definition) is 1. The van der Waals surface area contributed by atoms with Gasteiger partial charge in [-0.3, -0.25) is 14.6 Å². The number of carbonyl (C=O) groups excluding carboxylic acids is 2. The van der Waals surface area contributed by atoms with Crippen LogP contribution >= 0.6 is 0 Å². The summed E-state index contributed by atoms with van der Waals surface area (Å²) in [4.78, 5) is 31.1. The molecule has 8 rings (SSSR count). The summed E-state index contributed by atoms with van der Waals surface area (Å²) < 4.78 is 5.22. The van der Waals surface area contributed by atoms with Crippen LogP contribution in [0.2, 0.25) is 0 Å². The molecule has 1 aromatic carbocycles. The number of rotatable bonds is 0. The molecule has 28 heavy (non-hydrogen) atoms. The van der Waals surface area contributed by atoms with Gasteiger partial charge in [-0.25, -0.2) is 4.79 Å². The summed E-state index contributed by atoms with van der Waals surface area (Å²) in [6.45, 7) is 1.71. The minimum atomic E-state index is -1.48. The summed E-state index contributed by atoms with van der Waals surface area (Å²) in [5.74, 6) is -0.287. The Bertz CT molecular complexity index is 979. The molecule has 3 aliphatic heterocycles. The van der Waals surface area contributed by atoms with E-state index in [4.69, 9.17) is 4.74 Å². The normalized spacial score (nSPS) is 49.4. The van der Waals surface area contributed by atoms with Crippen molar-refractivity contribution in [1.82, 2.24) is 4.90 Å². The molecule has 6 nitrogen and oxygen atoms in total. The highest BCUT2D eigenvalue weighted by molar-refractivity contribution is 6.07. The van der Waals surface area contributed by atoms with Crippen LogP contribution < -0.4 is 4.90 Å². The second-order valence-electron chi connectivity index (χ2n) is 9.87. The molecule has 4 bridgehead atoms. The highest BCUT2D eigenvalue weighted by Gasteiger charge is 2.93. The van der Waals surface area contributed by atoms with Crippen molar-refractivity contribution in [2.45, 2.75) is 54.7 Å². The molecule has 1 aromatic rings. The van der Waals surface area contributed by atoms with E-state index in [1.54, 1.807) is 4.90 Å². The number of piperidine rings is 1. The molecule has 146 valence electrons. The van der Waals surface area contributed by atoms with E-state index in [0.29, 0.717) is 19.4 Å². The first-order chi connectivity index (χ1) is 13.5. The maximum absolute atomic E-state index is 13.8. The Labute approximate surface area is 163 Å². The monoisotopic (exact) mass is 380 g/mol. The van der Waals surface area contributed by atoms with Gasteiger partial charge in [-0.2, -0.15) is 0 Å². The second kappa shape index (κ2) is 4.31. The molecule has 1 unspecified atom stereocenters. The van der Waals surface area contributed by atoms with Crippen molar-refractivity contribution >= 4 is 17.6 Å². The fourth-order valence-corrected chi connectivity index (χ4v) is 9.19. The van der Waals surface area contributed by atoms with Crippen molar-refractivity contribution in [1.29, 1.82) is 0 Å². The van der Waals surface area contributed by atoms with Crippen molar-refractivity contribution in [2.75, 3.05) is 25.1 Å². The Morgan fingerprint density at radius 1 is 1.25 bits per heavy atom. The van der Waals surface area contributed by atoms with Crippen LogP contribution in [0.4, 0.5) is 10.5 Å². The molecule has 7 aliphatic rings. The van der Waals surface area contributed by atoms with Crippen LogP contribution in [0.1, 0.15) is 37.7 Å². The minimum absolute atomic E-state index is 0.0328. The number of carbonyl (C=O) groups is 2. The van der Waals surface area contributed by atoms with E-state index in [1.165, 1.54) is 7.11 Å². The topological polar surface area (TPSA) is 70.1 Å². The zero-order valence-corrected chi connectivity index (χ0v) is 16.0. The number of aliphatic hydroxyl groups is 1. The summed E-state index contributed by atoms with van der Waals surface area (Å²) >= 11 is 0. The van der Waals surface area contributed by atoms with E-state index in [9.17, 15) is 14.7 Å². The molecule has 6 atom stereocenters. The Kier molecular flexibility index (Phi) is 2.45. The second-order valence-corrected chi connectivity index (χ2v) is 9.87. The maximum Gasteiger partial charge on any atom is 0.414 e. The average Bonchev–Trinajstić information content (AvgIpc) is 3.23. The highest BCUT2D eigenvalue weighted by atomic mass is 16.5. The van der Waals surface area contributed by atoms with Gasteiger partial charge in [-0.15, -0.1) is 0 Å². The Morgan fingerprint density at radius 2 is 2.07 bits per heavy atom. The molecule has 2 saturated heterocycles. The van der Waals surface area contributed by atoms with Gasteiger partial charge in [0.05, 0.1) is 23.8 Å². The lowest BCUT2D eigenvalue weighted by Crippen LogP contribution is -2.82. The van der Waals surface area contributed by atoms with Crippen molar-refractivity contribution in [3.63, 3.8) is 0 Å². The van der Waals surface area contributed by atoms with E-state index in [-0.39, 0.29) is 23.2 Å². The molecular formula is C22H24N2O4. The highest BCUT2D eigenvalue weighted by Crippen LogP contribution is 2.81. The standard InChI is InChI=1S/C22H24N2O4/c1-28-18(26)24-15-6-3-2-5-13(15)22-14-11-23-10-4-7-19(17(22)23)8-9-21(22,24)20(27,12-19)16(14)25/h2-3,5-6,14,17,27H,4,7-12H2,1H3/t14?,17-,19+,20+,21+,22-/m0/s1. The Morgan fingerprint density at radius 3 is 2.89 bits per heavy atom. The van der Waals surface area contributed by atoms with Crippen LogP contribution in [0.5, 0.6) is 0 Å². The fourth-order valence-electron chi connectivity index (χ4n) is 9.19. The molecule has 4 saturated carbocycles. The number of ether oxygens (including phenoxy) is 1. The summed E-state index contributed by atoms with van der Waals surface area (Å²) in [7, 11) is 1.39. The molecule has 0 aromatic heterocycles. The van der Waals surface area contributed by atoms with Crippen LogP contribution in [0.15, 0.2) is 24.3 Å². The molecule has 3 heterocycles. The smallest absolute Gasteiger partial charge is 0.414 e. The number of hydrogen-bond acceptors (Lipinski definition) is 5. The lowest BCUT2D eigenvalue weighted by molar-refractivity contribution is -0.194. The van der Waals surface area contributed by atoms with Gasteiger partial charge in [-0.05, 0) is 55.7 Å². The summed E-state index contributed by atoms with van der Waals surface area (Å²) in [5.41, 5.74) is -1.04. The van der Waals surface area contributed by atoms with Crippen LogP contribution in [0.25, 0.3) is 0 Å². The number of Topliss-reactive ketones (excluding diaryl/α,β-unsaturated/α-hetero) is 1. The average molecular weight is 380 g/mol. The van der Waals surface area contributed by atoms with Crippen LogP contribution in [0, 0.1) is 11.3 Å². The van der Waals surface area contributed by atoms with Crippen molar-refractivity contribution in [3.8, 4) is 0 Å². The number of amides is 1. The van der Waals surface area contributed by atoms with E-state index in [0.717, 1.165) is 37.1 Å². The van der Waals surface area contributed by atoms with E-state index in [2.05, 4.69) is 11.0 Å². The van der Waals surface area contributed by atoms with Gasteiger partial charge < -0.3 is 9.84 Å². The zero-order chi connectivity index (χ0) is 19.1. The van der Waals surface area contributed by atoms with Gasteiger partial charge in [0.15, 0.2) is 5.78 Å². The van der Waals surface area contributed by atoms with Gasteiger partial charge in [0, 0.05) is 18.5 Å². The van der Waals surface area contributed by atoms with Gasteiger partial charge in [0.1, 0.15) is 5.60 Å². The molecule has 1 amide bonds. The van der Waals surface area contributed by atoms with Crippen molar-refractivity contribution in [3.05, 3.63) is 29.8 Å². The molecule has 1 N–H and O–H groups in total. The van der Waals surface area contributed by atoms with Gasteiger partial charge in [0.25, 0.3) is 0 Å². The molecule has 3 spiro atoms. The Hall–Kier alpha value is -1.92. The first-order valence-electron chi connectivity index (χ1n) is 10.5. The predicted molar refractivity (Wildman–Crippen MR) is 100 cm³/mol. The lowest BCUT2D eigenvalue weighted by Gasteiger charge is -2.69. The third-order valence-electron chi connectivity index (χ3n) is 9.48. The van der Waals surface area contributed by atoms with Crippen LogP contribution in [-0.2, 0) is 14.9 Å². The summed E-state index contributed by atoms with van der Waals surface area (Å²) in [5, 5.41) is 12.1. The van der Waals surface area contributed by atoms with Crippen LogP contribution in [-0.4, -0.2) is 59.3 Å². The largest absolute Gasteiger partial charge is 0.452 e. The molecule has 6 heteroatoms. The van der Waals surface area contributed by atoms with Gasteiger partial charge >= 0.3 is 6.09 Å². The van der Waals surface area contributed by atoms with E-state index < -0.39 is 22.6 Å². The van der Waals surface area contributed by atoms with Crippen molar-refractivity contribution in [2.24, 2.45) is 11.3 Å². The third kappa shape index (κ3) is 1.16. The van der Waals surface area contributed by atoms with Crippen molar-refractivity contribution < 1.29 is 19.4 Å². The summed E-state index contributed by atoms with van der Waals surface area (Å²) in [6, 6.07) is 8.22. The lowest BCUT2D eigenvalue weighted by atomic mass is 9.40. The maximum atomic E-state index is 13.8. The number of nitrogens with zero attached hydrogens (tertiary/aromatic N) is 2. The number of para-hydroxylation sites is 1. The molecule has 4 aliphatic carbocycles. The first kappa shape index (κ1) is 15.9. The number of ketones is 1. The summed E-state index contributed by atoms with van der Waals surface area (Å²) in [6.07, 6.45) is 3.84. The first-order valence-corrected chi connectivity index (χ1v) is 10.5. The van der Waals surface area contributed by atoms with Gasteiger partial charge in [0.2, 0.25) is 0 Å². The number of anilines is 1. The molecular weight excluding hydrogens is 356 g/mol. The van der Waals surface area contributed by atoms with Gasteiger partial charge in [-0.1, -0.05) is 18.2 Å². The molecule has 0 radical (unpaired) electrons. The van der Waals surface area contributed by atoms with E-state index in [1.807, 2.05) is 18.2 Å². The third-order valence-corrected chi connectivity index (χ3v) is 9.48. The van der Waals surface area contributed by atoms with Crippen LogP contribution in [0.3, 0.4) is 0 Å². The predicted octanol–water partition coefficient (Wildman–Crippen LogP) is 1.84. The SMILES string of the molecule is COC(=O)N1c2ccccc2[C@@]23C4CN5CCC[C@]6(CC[C@]12[C@@](O)(C6)C4=O)[C@H]53. The van der Waals surface area contributed by atoms with E-state index >= 15 is 0 Å². The number of fused-ring (bicyclic) bond motifs is 2. The Balaban J connectivity index is 1.65. The zero-order valence-electron chi connectivity index (χ0n) is 16.0. The quantitative estimate of drug-likeness (QED) is 0.744. The molecule has 6 fully saturated rings. The number of methoxy groups -OCH3 is 1. The fraction of sp³-hybridized carbons (Fsp3) is 0.636. The number of benzene rings is 1. The minimum Gasteiger partial charge on any atom is -0.452 e.